The third-order valence-corrected chi connectivity index (χ3v) is 3.01. The van der Waals surface area contributed by atoms with Crippen LogP contribution in [0.2, 0.25) is 0 Å². The molecule has 8 nitrogen and oxygen atoms in total. The summed E-state index contributed by atoms with van der Waals surface area (Å²) in [7, 11) is 0. The lowest BCUT2D eigenvalue weighted by Crippen LogP contribution is -2.27. The summed E-state index contributed by atoms with van der Waals surface area (Å²) < 4.78 is 21.6. The van der Waals surface area contributed by atoms with Crippen molar-refractivity contribution in [3.8, 4) is 0 Å². The summed E-state index contributed by atoms with van der Waals surface area (Å²) in [5, 5.41) is 11.1. The number of carboxylic acids is 1. The van der Waals surface area contributed by atoms with Gasteiger partial charge in [0.05, 0.1) is 52.9 Å². The Balaban J connectivity index is 3.17. The van der Waals surface area contributed by atoms with Crippen LogP contribution in [0.4, 0.5) is 0 Å². The van der Waals surface area contributed by atoms with Gasteiger partial charge < -0.3 is 29.4 Å². The van der Waals surface area contributed by atoms with E-state index in [4.69, 9.17) is 24.1 Å². The number of aliphatic carboxylic acids is 1. The van der Waals surface area contributed by atoms with Gasteiger partial charge in [0, 0.05) is 19.4 Å². The summed E-state index contributed by atoms with van der Waals surface area (Å²) in [6.45, 7) is 11.0. The van der Waals surface area contributed by atoms with Crippen molar-refractivity contribution in [2.24, 2.45) is 5.41 Å². The summed E-state index contributed by atoms with van der Waals surface area (Å²) in [5.41, 5.74) is 0.173. The monoisotopic (exact) mass is 377 g/mol. The minimum atomic E-state index is -0.889. The van der Waals surface area contributed by atoms with Gasteiger partial charge in [-0.3, -0.25) is 9.59 Å². The Hall–Kier alpha value is -1.22. The highest BCUT2D eigenvalue weighted by Crippen LogP contribution is 2.12. The van der Waals surface area contributed by atoms with Crippen LogP contribution in [0.1, 0.15) is 40.0 Å². The van der Waals surface area contributed by atoms with E-state index in [-0.39, 0.29) is 24.2 Å². The number of hydrogen-bond donors (Lipinski definition) is 2. The molecule has 154 valence electrons. The largest absolute Gasteiger partial charge is 0.481 e. The molecule has 0 aromatic rings. The van der Waals surface area contributed by atoms with E-state index >= 15 is 0 Å². The van der Waals surface area contributed by atoms with Gasteiger partial charge in [-0.1, -0.05) is 20.8 Å². The number of ether oxygens (including phenoxy) is 4. The van der Waals surface area contributed by atoms with Crippen molar-refractivity contribution in [1.29, 1.82) is 0 Å². The first kappa shape index (κ1) is 24.8. The van der Waals surface area contributed by atoms with Crippen molar-refractivity contribution in [2.45, 2.75) is 40.0 Å². The second-order valence-electron chi connectivity index (χ2n) is 7.05. The van der Waals surface area contributed by atoms with E-state index in [9.17, 15) is 9.59 Å². The minimum absolute atomic E-state index is 0.00884. The molecule has 0 saturated heterocycles. The van der Waals surface area contributed by atoms with E-state index < -0.39 is 5.97 Å². The van der Waals surface area contributed by atoms with Crippen LogP contribution < -0.4 is 5.32 Å². The van der Waals surface area contributed by atoms with Gasteiger partial charge in [0.15, 0.2) is 0 Å². The molecule has 0 heterocycles. The molecule has 26 heavy (non-hydrogen) atoms. The van der Waals surface area contributed by atoms with Crippen LogP contribution in [-0.2, 0) is 28.5 Å². The molecule has 0 aromatic carbocycles. The van der Waals surface area contributed by atoms with Crippen LogP contribution >= 0.6 is 0 Å². The molecule has 0 aliphatic rings. The molecule has 0 saturated carbocycles. The van der Waals surface area contributed by atoms with Crippen LogP contribution in [0, 0.1) is 5.41 Å². The zero-order valence-corrected chi connectivity index (χ0v) is 16.4. The number of carbonyl (C=O) groups excluding carboxylic acids is 1. The van der Waals surface area contributed by atoms with Gasteiger partial charge in [-0.25, -0.2) is 0 Å². The SMILES string of the molecule is CC(C)(C)COCCOCCOCCOCCNC(=O)CCCC(=O)O. The van der Waals surface area contributed by atoms with Crippen molar-refractivity contribution < 1.29 is 33.6 Å². The van der Waals surface area contributed by atoms with Gasteiger partial charge in [0.1, 0.15) is 0 Å². The summed E-state index contributed by atoms with van der Waals surface area (Å²) in [4.78, 5) is 21.7. The molecular weight excluding hydrogens is 342 g/mol. The van der Waals surface area contributed by atoms with Crippen molar-refractivity contribution in [1.82, 2.24) is 5.32 Å². The third-order valence-electron chi connectivity index (χ3n) is 3.01. The lowest BCUT2D eigenvalue weighted by Gasteiger charge is -2.17. The van der Waals surface area contributed by atoms with Crippen LogP contribution in [0.15, 0.2) is 0 Å². The molecule has 0 aliphatic heterocycles. The molecular formula is C18H35NO7. The Morgan fingerprint density at radius 3 is 1.81 bits per heavy atom. The van der Waals surface area contributed by atoms with Crippen molar-refractivity contribution in [2.75, 3.05) is 59.4 Å². The molecule has 0 rings (SSSR count). The maximum atomic E-state index is 11.4. The highest BCUT2D eigenvalue weighted by molar-refractivity contribution is 5.76. The zero-order valence-electron chi connectivity index (χ0n) is 16.4. The molecule has 0 aromatic heterocycles. The highest BCUT2D eigenvalue weighted by atomic mass is 16.6. The van der Waals surface area contributed by atoms with Gasteiger partial charge in [0.2, 0.25) is 5.91 Å². The number of carboxylic acid groups (broad SMARTS) is 1. The van der Waals surface area contributed by atoms with Crippen LogP contribution in [0.3, 0.4) is 0 Å². The lowest BCUT2D eigenvalue weighted by molar-refractivity contribution is -0.137. The summed E-state index contributed by atoms with van der Waals surface area (Å²) in [5.74, 6) is -1.05. The molecule has 2 N–H and O–H groups in total. The molecule has 1 amide bonds. The standard InChI is InChI=1S/C18H35NO7/c1-18(2,3)15-26-14-13-25-12-11-24-10-9-23-8-7-19-16(20)5-4-6-17(21)22/h4-15H2,1-3H3,(H,19,20)(H,21,22). The molecule has 0 bridgehead atoms. The Bertz CT molecular complexity index is 369. The Kier molecular flexibility index (Phi) is 15.2. The first-order chi connectivity index (χ1) is 12.3. The number of nitrogens with one attached hydrogen (secondary N) is 1. The smallest absolute Gasteiger partial charge is 0.303 e. The number of carbonyl (C=O) groups is 2. The predicted molar refractivity (Wildman–Crippen MR) is 97.2 cm³/mol. The average Bonchev–Trinajstić information content (AvgIpc) is 2.53. The minimum Gasteiger partial charge on any atom is -0.481 e. The normalized spacial score (nSPS) is 11.5. The Labute approximate surface area is 156 Å². The van der Waals surface area contributed by atoms with E-state index in [0.717, 1.165) is 0 Å². The van der Waals surface area contributed by atoms with Gasteiger partial charge in [-0.2, -0.15) is 0 Å². The summed E-state index contributed by atoms with van der Waals surface area (Å²) in [6.07, 6.45) is 0.576. The number of rotatable bonds is 17. The fraction of sp³-hybridized carbons (Fsp3) is 0.889. The Morgan fingerprint density at radius 2 is 1.31 bits per heavy atom. The fourth-order valence-corrected chi connectivity index (χ4v) is 1.79. The average molecular weight is 377 g/mol. The summed E-state index contributed by atoms with van der Waals surface area (Å²) in [6, 6.07) is 0. The van der Waals surface area contributed by atoms with Crippen LogP contribution in [0.5, 0.6) is 0 Å². The Morgan fingerprint density at radius 1 is 0.808 bits per heavy atom. The molecule has 0 atom stereocenters. The third kappa shape index (κ3) is 20.8. The maximum absolute atomic E-state index is 11.4. The predicted octanol–water partition coefficient (Wildman–Crippen LogP) is 1.47. The maximum Gasteiger partial charge on any atom is 0.303 e. The van der Waals surface area contributed by atoms with E-state index in [0.29, 0.717) is 65.8 Å². The second kappa shape index (κ2) is 16.0. The molecule has 0 spiro atoms. The first-order valence-corrected chi connectivity index (χ1v) is 9.11. The van der Waals surface area contributed by atoms with Crippen LogP contribution in [0.25, 0.3) is 0 Å². The lowest BCUT2D eigenvalue weighted by atomic mass is 9.99. The van der Waals surface area contributed by atoms with Crippen molar-refractivity contribution in [3.63, 3.8) is 0 Å². The quantitative estimate of drug-likeness (QED) is 0.370. The zero-order chi connectivity index (χ0) is 19.7. The van der Waals surface area contributed by atoms with Gasteiger partial charge in [-0.05, 0) is 11.8 Å². The van der Waals surface area contributed by atoms with Crippen molar-refractivity contribution >= 4 is 11.9 Å². The summed E-state index contributed by atoms with van der Waals surface area (Å²) >= 11 is 0. The first-order valence-electron chi connectivity index (χ1n) is 9.11. The molecule has 0 unspecified atom stereocenters. The van der Waals surface area contributed by atoms with E-state index in [1.54, 1.807) is 0 Å². The molecule has 0 aliphatic carbocycles. The van der Waals surface area contributed by atoms with E-state index in [2.05, 4.69) is 26.1 Å². The molecule has 8 heteroatoms. The second-order valence-corrected chi connectivity index (χ2v) is 7.05. The molecule has 0 radical (unpaired) electrons. The van der Waals surface area contributed by atoms with Gasteiger partial charge in [-0.15, -0.1) is 0 Å². The van der Waals surface area contributed by atoms with E-state index in [1.807, 2.05) is 0 Å². The van der Waals surface area contributed by atoms with Crippen LogP contribution in [-0.4, -0.2) is 76.4 Å². The number of hydrogen-bond acceptors (Lipinski definition) is 6. The highest BCUT2D eigenvalue weighted by Gasteiger charge is 2.09. The molecule has 0 fully saturated rings. The number of amides is 1. The van der Waals surface area contributed by atoms with Crippen molar-refractivity contribution in [3.05, 3.63) is 0 Å². The van der Waals surface area contributed by atoms with Gasteiger partial charge in [0.25, 0.3) is 0 Å². The topological polar surface area (TPSA) is 103 Å². The van der Waals surface area contributed by atoms with E-state index in [1.165, 1.54) is 0 Å². The van der Waals surface area contributed by atoms with Gasteiger partial charge >= 0.3 is 5.97 Å². The fourth-order valence-electron chi connectivity index (χ4n) is 1.79.